The minimum Gasteiger partial charge on any atom is -0.298 e. The molecular weight excluding hydrogens is 461 g/mol. The van der Waals surface area contributed by atoms with Gasteiger partial charge in [-0.05, 0) is 50.6 Å². The van der Waals surface area contributed by atoms with Crippen molar-refractivity contribution in [2.75, 3.05) is 5.32 Å². The van der Waals surface area contributed by atoms with Gasteiger partial charge >= 0.3 is 6.18 Å². The number of carbonyl (C=O) groups is 1. The number of allylic oxidation sites excluding steroid dienone is 2. The summed E-state index contributed by atoms with van der Waals surface area (Å²) in [4.78, 5) is 21.5. The van der Waals surface area contributed by atoms with Crippen LogP contribution < -0.4 is 5.32 Å². The molecule has 2 heterocycles. The quantitative estimate of drug-likeness (QED) is 0.238. The van der Waals surface area contributed by atoms with E-state index in [-0.39, 0.29) is 16.4 Å². The Bertz CT molecular complexity index is 1260. The first-order valence-corrected chi connectivity index (χ1v) is 10.4. The number of anilines is 1. The van der Waals surface area contributed by atoms with Gasteiger partial charge in [-0.2, -0.15) is 13.2 Å². The summed E-state index contributed by atoms with van der Waals surface area (Å²) in [6, 6.07) is 9.72. The fourth-order valence-corrected chi connectivity index (χ4v) is 3.95. The molecule has 3 rings (SSSR count). The first kappa shape index (κ1) is 24.2. The normalized spacial score (nSPS) is 13.0. The Morgan fingerprint density at radius 2 is 1.79 bits per heavy atom. The first-order valence-electron chi connectivity index (χ1n) is 9.63. The summed E-state index contributed by atoms with van der Waals surface area (Å²) < 4.78 is 67.5. The van der Waals surface area contributed by atoms with Gasteiger partial charge in [0.25, 0.3) is 5.91 Å². The number of thiazole rings is 1. The summed E-state index contributed by atoms with van der Waals surface area (Å²) in [5.41, 5.74) is -0.185. The van der Waals surface area contributed by atoms with Crippen molar-refractivity contribution < 1.29 is 26.7 Å². The number of aromatic nitrogens is 2. The van der Waals surface area contributed by atoms with Crippen molar-refractivity contribution in [3.63, 3.8) is 0 Å². The lowest BCUT2D eigenvalue weighted by atomic mass is 10.1. The standard InChI is InChI=1S/C23H18F5N3OS/c1-4-16(25)18(13(3)24)21(32)31-22-30-19(17-10-5-7-12(2)29-17)20(33-22)14-8-6-9-15(11-14)23(26,27)28/h4-11H,1-3H3,(H,30,31,32)/b16-4+,18-13-. The van der Waals surface area contributed by atoms with Gasteiger partial charge in [0.05, 0.1) is 16.1 Å². The molecule has 1 N–H and O–H groups in total. The molecule has 0 aliphatic carbocycles. The number of nitrogens with zero attached hydrogens (tertiary/aromatic N) is 2. The van der Waals surface area contributed by atoms with E-state index in [1.165, 1.54) is 19.1 Å². The van der Waals surface area contributed by atoms with Gasteiger partial charge in [-0.3, -0.25) is 15.1 Å². The second kappa shape index (κ2) is 9.62. The highest BCUT2D eigenvalue weighted by atomic mass is 32.1. The summed E-state index contributed by atoms with van der Waals surface area (Å²) in [6.45, 7) is 3.99. The fourth-order valence-electron chi connectivity index (χ4n) is 2.99. The molecule has 0 bridgehead atoms. The average Bonchev–Trinajstić information content (AvgIpc) is 3.16. The van der Waals surface area contributed by atoms with E-state index in [2.05, 4.69) is 15.3 Å². The van der Waals surface area contributed by atoms with Crippen LogP contribution in [0.3, 0.4) is 0 Å². The number of carbonyl (C=O) groups excluding carboxylic acids is 1. The number of nitrogens with one attached hydrogen (secondary N) is 1. The topological polar surface area (TPSA) is 54.9 Å². The van der Waals surface area contributed by atoms with Gasteiger partial charge in [-0.15, -0.1) is 0 Å². The highest BCUT2D eigenvalue weighted by molar-refractivity contribution is 7.19. The van der Waals surface area contributed by atoms with Crippen molar-refractivity contribution in [1.29, 1.82) is 0 Å². The van der Waals surface area contributed by atoms with Crippen LogP contribution in [0, 0.1) is 6.92 Å². The number of amides is 1. The highest BCUT2D eigenvalue weighted by Crippen LogP contribution is 2.41. The molecule has 0 unspecified atom stereocenters. The molecule has 0 saturated carbocycles. The first-order chi connectivity index (χ1) is 15.5. The third-order valence-corrected chi connectivity index (χ3v) is 5.51. The number of halogens is 5. The van der Waals surface area contributed by atoms with E-state index >= 15 is 0 Å². The van der Waals surface area contributed by atoms with E-state index in [0.29, 0.717) is 16.3 Å². The number of pyridine rings is 1. The summed E-state index contributed by atoms with van der Waals surface area (Å²) in [5, 5.41) is 2.29. The van der Waals surface area contributed by atoms with Gasteiger partial charge in [0.1, 0.15) is 22.9 Å². The lowest BCUT2D eigenvalue weighted by Gasteiger charge is -2.08. The van der Waals surface area contributed by atoms with E-state index in [0.717, 1.165) is 36.5 Å². The van der Waals surface area contributed by atoms with Crippen molar-refractivity contribution >= 4 is 22.4 Å². The number of aryl methyl sites for hydroxylation is 1. The predicted molar refractivity (Wildman–Crippen MR) is 118 cm³/mol. The summed E-state index contributed by atoms with van der Waals surface area (Å²) >= 11 is 0.872. The van der Waals surface area contributed by atoms with Crippen LogP contribution in [-0.4, -0.2) is 15.9 Å². The van der Waals surface area contributed by atoms with Gasteiger partial charge in [0.15, 0.2) is 5.13 Å². The van der Waals surface area contributed by atoms with Crippen molar-refractivity contribution in [2.45, 2.75) is 26.9 Å². The number of hydrogen-bond acceptors (Lipinski definition) is 4. The minimum absolute atomic E-state index is 0.0478. The van der Waals surface area contributed by atoms with E-state index < -0.39 is 34.9 Å². The number of benzene rings is 1. The lowest BCUT2D eigenvalue weighted by molar-refractivity contribution is -0.137. The molecule has 33 heavy (non-hydrogen) atoms. The van der Waals surface area contributed by atoms with Crippen molar-refractivity contribution in [2.24, 2.45) is 0 Å². The molecule has 172 valence electrons. The SMILES string of the molecule is C/C=C(F)\C(C(=O)Nc1nc(-c2cccc(C)n2)c(-c2cccc(C(F)(F)F)c2)s1)=C(/C)F. The summed E-state index contributed by atoms with van der Waals surface area (Å²) in [7, 11) is 0. The molecule has 2 aromatic heterocycles. The van der Waals surface area contributed by atoms with Crippen molar-refractivity contribution in [3.05, 3.63) is 77.0 Å². The second-order valence-corrected chi connectivity index (χ2v) is 7.94. The van der Waals surface area contributed by atoms with E-state index in [4.69, 9.17) is 0 Å². The Kier molecular flexibility index (Phi) is 7.06. The van der Waals surface area contributed by atoms with E-state index in [9.17, 15) is 26.7 Å². The Hall–Kier alpha value is -3.40. The Morgan fingerprint density at radius 1 is 1.09 bits per heavy atom. The van der Waals surface area contributed by atoms with Crippen LogP contribution in [0.2, 0.25) is 0 Å². The van der Waals surface area contributed by atoms with Gasteiger partial charge in [-0.1, -0.05) is 35.6 Å². The molecule has 0 aliphatic heterocycles. The largest absolute Gasteiger partial charge is 0.416 e. The average molecular weight is 479 g/mol. The van der Waals surface area contributed by atoms with Gasteiger partial charge in [-0.25, -0.2) is 13.8 Å². The van der Waals surface area contributed by atoms with Gasteiger partial charge in [0, 0.05) is 5.69 Å². The monoisotopic (exact) mass is 479 g/mol. The number of rotatable bonds is 5. The molecule has 0 spiro atoms. The van der Waals surface area contributed by atoms with Gasteiger partial charge in [0.2, 0.25) is 0 Å². The van der Waals surface area contributed by atoms with Gasteiger partial charge < -0.3 is 0 Å². The van der Waals surface area contributed by atoms with Crippen LogP contribution in [0.4, 0.5) is 27.1 Å². The maximum Gasteiger partial charge on any atom is 0.416 e. The molecule has 0 aliphatic rings. The zero-order chi connectivity index (χ0) is 24.3. The molecule has 1 amide bonds. The van der Waals surface area contributed by atoms with Crippen LogP contribution in [-0.2, 0) is 11.0 Å². The number of alkyl halides is 3. The van der Waals surface area contributed by atoms with Crippen LogP contribution >= 0.6 is 11.3 Å². The van der Waals surface area contributed by atoms with Crippen LogP contribution in [0.15, 0.2) is 65.8 Å². The zero-order valence-corrected chi connectivity index (χ0v) is 18.5. The Labute approximate surface area is 190 Å². The second-order valence-electron chi connectivity index (χ2n) is 6.94. The molecule has 1 aromatic carbocycles. The lowest BCUT2D eigenvalue weighted by Crippen LogP contribution is -2.15. The van der Waals surface area contributed by atoms with Crippen molar-refractivity contribution in [3.8, 4) is 21.8 Å². The third kappa shape index (κ3) is 5.51. The smallest absolute Gasteiger partial charge is 0.298 e. The van der Waals surface area contributed by atoms with E-state index in [1.54, 1.807) is 25.1 Å². The zero-order valence-electron chi connectivity index (χ0n) is 17.7. The maximum absolute atomic E-state index is 14.0. The van der Waals surface area contributed by atoms with Crippen LogP contribution in [0.25, 0.3) is 21.8 Å². The van der Waals surface area contributed by atoms with Crippen LogP contribution in [0.1, 0.15) is 25.1 Å². The molecule has 0 fully saturated rings. The maximum atomic E-state index is 14.0. The Balaban J connectivity index is 2.12. The molecule has 10 heteroatoms. The van der Waals surface area contributed by atoms with Crippen molar-refractivity contribution in [1.82, 2.24) is 9.97 Å². The predicted octanol–water partition coefficient (Wildman–Crippen LogP) is 7.25. The molecule has 0 saturated heterocycles. The summed E-state index contributed by atoms with van der Waals surface area (Å²) in [5.74, 6) is -3.15. The summed E-state index contributed by atoms with van der Waals surface area (Å²) in [6.07, 6.45) is -3.61. The molecule has 4 nitrogen and oxygen atoms in total. The molecular formula is C23H18F5N3OS. The minimum atomic E-state index is -4.55. The van der Waals surface area contributed by atoms with Crippen LogP contribution in [0.5, 0.6) is 0 Å². The third-order valence-electron chi connectivity index (χ3n) is 4.49. The molecule has 0 atom stereocenters. The highest BCUT2D eigenvalue weighted by Gasteiger charge is 2.31. The fraction of sp³-hybridized carbons (Fsp3) is 0.174. The molecule has 0 radical (unpaired) electrons. The van der Waals surface area contributed by atoms with E-state index in [1.807, 2.05) is 0 Å². The molecule has 3 aromatic rings. The number of hydrogen-bond donors (Lipinski definition) is 1. The Morgan fingerprint density at radius 3 is 2.39 bits per heavy atom.